The molecule has 1 aliphatic heterocycles. The molecule has 4 nitrogen and oxygen atoms in total. The molecular formula is C64H45F2N4Pt-3. The van der Waals surface area contributed by atoms with Crippen molar-refractivity contribution in [2.24, 2.45) is 0 Å². The van der Waals surface area contributed by atoms with Crippen LogP contribution in [-0.4, -0.2) is 9.55 Å². The molecule has 1 aliphatic rings. The summed E-state index contributed by atoms with van der Waals surface area (Å²) >= 11 is 0. The average molecular weight is 1120 g/mol. The largest absolute Gasteiger partial charge is 0.493 e. The fraction of sp³-hybridized carbons (Fsp3) is 0.0625. The summed E-state index contributed by atoms with van der Waals surface area (Å²) in [5.74, 6) is -3.77. The minimum Gasteiger partial charge on any atom is -0.493 e. The summed E-state index contributed by atoms with van der Waals surface area (Å²) in [5, 5.41) is 0.246. The van der Waals surface area contributed by atoms with E-state index in [1.54, 1.807) is 36.5 Å². The van der Waals surface area contributed by atoms with Crippen molar-refractivity contribution in [2.75, 3.05) is 9.80 Å². The normalized spacial score (nSPS) is 16.3. The number of para-hydroxylation sites is 3. The van der Waals surface area contributed by atoms with Crippen LogP contribution in [0.3, 0.4) is 0 Å². The predicted molar refractivity (Wildman–Crippen MR) is 282 cm³/mol. The molecule has 0 amide bonds. The van der Waals surface area contributed by atoms with Gasteiger partial charge in [0.15, 0.2) is 0 Å². The van der Waals surface area contributed by atoms with Crippen molar-refractivity contribution in [2.45, 2.75) is 25.2 Å². The number of pyridine rings is 1. The van der Waals surface area contributed by atoms with Crippen molar-refractivity contribution in [1.29, 1.82) is 0 Å². The zero-order chi connectivity index (χ0) is 63.9. The van der Waals surface area contributed by atoms with E-state index in [9.17, 15) is 5.48 Å². The van der Waals surface area contributed by atoms with Crippen LogP contribution in [0.25, 0.3) is 61.0 Å². The fourth-order valence-electron chi connectivity index (χ4n) is 8.99. The number of anilines is 4. The first-order valence-electron chi connectivity index (χ1n) is 31.4. The Morgan fingerprint density at radius 1 is 0.535 bits per heavy atom. The van der Waals surface area contributed by atoms with Gasteiger partial charge in [0.1, 0.15) is 5.82 Å². The Bertz CT molecular complexity index is 4690. The van der Waals surface area contributed by atoms with Gasteiger partial charge in [-0.1, -0.05) is 182 Å². The quantitative estimate of drug-likeness (QED) is 0.128. The van der Waals surface area contributed by atoms with Crippen molar-refractivity contribution in [3.63, 3.8) is 0 Å². The number of fused-ring (bicyclic) bond motifs is 4. The Labute approximate surface area is 454 Å². The Morgan fingerprint density at radius 2 is 1.13 bits per heavy atom. The molecule has 0 saturated heterocycles. The summed E-state index contributed by atoms with van der Waals surface area (Å²) in [7, 11) is 0. The van der Waals surface area contributed by atoms with Crippen molar-refractivity contribution in [1.82, 2.24) is 9.55 Å². The molecule has 71 heavy (non-hydrogen) atoms. The summed E-state index contributed by atoms with van der Waals surface area (Å²) in [6.45, 7) is 5.38. The van der Waals surface area contributed by atoms with Gasteiger partial charge in [-0.05, 0) is 81.2 Å². The topological polar surface area (TPSA) is 24.3 Å². The standard InChI is InChI=1S/C64H45F2N4.Pt/c1-63(2,48-26-13-6-14-27-48)49-36-37-67-61(42-49)70-57-31-16-15-30-53(57)54-35-34-51(41-60(54)70)64(65,66)50-28-19-29-52(40-50)68-43-69(59-33-18-17-32-58(59)68)62-55(45-22-9-4-10-23-45)38-47(44-20-7-3-8-21-44)39-56(62)46-24-11-5-12-25-46;/h3-39,42-43H,1-2H3;/q-3;/i3D,4D,5D,7D,8D,9D,10D,11D,12D,15D,16D,20D,21D,22D,23D,24D,25D,30D,31D;. The van der Waals surface area contributed by atoms with E-state index >= 15 is 8.78 Å². The summed E-state index contributed by atoms with van der Waals surface area (Å²) in [6.07, 6.45) is 1.54. The monoisotopic (exact) mass is 1120 g/mol. The van der Waals surface area contributed by atoms with Gasteiger partial charge >= 0.3 is 0 Å². The number of hydrogen-bond donors (Lipinski definition) is 0. The van der Waals surface area contributed by atoms with E-state index < -0.39 is 154 Å². The first-order valence-corrected chi connectivity index (χ1v) is 21.9. The molecule has 0 unspecified atom stereocenters. The Balaban J connectivity index is 0.00000833. The Kier molecular flexibility index (Phi) is 7.44. The maximum Gasteiger partial charge on any atom is 0.254 e. The molecule has 0 spiro atoms. The Hall–Kier alpha value is -7.92. The number of nitrogens with zero attached hydrogens (tertiary/aromatic N) is 4. The zero-order valence-electron chi connectivity index (χ0n) is 56.4. The van der Waals surface area contributed by atoms with Gasteiger partial charge in [0.25, 0.3) is 5.92 Å². The van der Waals surface area contributed by atoms with Crippen LogP contribution in [0.15, 0.2) is 230 Å². The SMILES string of the molecule is [2H]c1c([2H])c([2H])c(-c2cc(-c3c([2H])c([2H])c([2H])c([2H])c3[2H])c(N3[CH-]N(c4[c-]c(C(F)(F)c5[c-]c6c(cc5)c5c([2H])c([2H])c([2H])c([2H])c5n6-c5cc(C(C)(C)c6ccccc6)ccn5)ccc4)c4ccccc43)c(-c3c([2H])c([2H])c([2H])c([2H])c3[2H])c2)c([2H])c1[2H].[Pt]. The average Bonchev–Trinajstić information content (AvgIpc) is 1.37. The van der Waals surface area contributed by atoms with E-state index in [1.165, 1.54) is 51.4 Å². The second kappa shape index (κ2) is 18.4. The first kappa shape index (κ1) is 28.7. The molecule has 0 aliphatic carbocycles. The third kappa shape index (κ3) is 8.03. The molecule has 0 N–H and O–H groups in total. The summed E-state index contributed by atoms with van der Waals surface area (Å²) in [6, 6.07) is 20.7. The number of halogens is 2. The minimum atomic E-state index is -3.94. The van der Waals surface area contributed by atoms with Crippen molar-refractivity contribution < 1.29 is 55.9 Å². The van der Waals surface area contributed by atoms with E-state index in [-0.39, 0.29) is 88.1 Å². The number of benzene rings is 9. The van der Waals surface area contributed by atoms with Gasteiger partial charge in [0, 0.05) is 66.4 Å². The van der Waals surface area contributed by atoms with E-state index in [4.69, 9.17) is 20.6 Å². The molecule has 0 bridgehead atoms. The molecule has 0 radical (unpaired) electrons. The van der Waals surface area contributed by atoms with Crippen molar-refractivity contribution in [3.8, 4) is 39.2 Å². The smallest absolute Gasteiger partial charge is 0.254 e. The molecule has 348 valence electrons. The second-order valence-electron chi connectivity index (χ2n) is 16.9. The van der Waals surface area contributed by atoms with Crippen LogP contribution in [0.2, 0.25) is 0 Å². The third-order valence-corrected chi connectivity index (χ3v) is 12.5. The molecule has 0 atom stereocenters. The van der Waals surface area contributed by atoms with Crippen LogP contribution in [0, 0.1) is 18.8 Å². The molecule has 11 aromatic rings. The summed E-state index contributed by atoms with van der Waals surface area (Å²) in [5.41, 5.74) is -2.37. The maximum atomic E-state index is 17.9. The van der Waals surface area contributed by atoms with Gasteiger partial charge in [-0.3, -0.25) is 0 Å². The molecule has 3 heterocycles. The molecule has 0 saturated carbocycles. The number of aromatic nitrogens is 2. The van der Waals surface area contributed by atoms with Crippen LogP contribution >= 0.6 is 0 Å². The minimum absolute atomic E-state index is 0. The number of alkyl halides is 2. The van der Waals surface area contributed by atoms with Gasteiger partial charge in [-0.25, -0.2) is 13.8 Å². The van der Waals surface area contributed by atoms with E-state index in [0.717, 1.165) is 23.3 Å². The van der Waals surface area contributed by atoms with Gasteiger partial charge in [0.2, 0.25) is 0 Å². The predicted octanol–water partition coefficient (Wildman–Crippen LogP) is 16.7. The van der Waals surface area contributed by atoms with Gasteiger partial charge in [0.05, 0.1) is 26.0 Å². The molecular weight excluding hydrogens is 1060 g/mol. The molecule has 12 rings (SSSR count). The van der Waals surface area contributed by atoms with Crippen LogP contribution in [0.4, 0.5) is 31.5 Å². The maximum absolute atomic E-state index is 17.9. The van der Waals surface area contributed by atoms with Crippen LogP contribution in [0.1, 0.15) is 62.1 Å². The van der Waals surface area contributed by atoms with Crippen LogP contribution in [-0.2, 0) is 32.4 Å². The number of hydrogen-bond acceptors (Lipinski definition) is 3. The van der Waals surface area contributed by atoms with E-state index in [1.807, 2.05) is 50.2 Å². The van der Waals surface area contributed by atoms with Gasteiger partial charge in [-0.15, -0.1) is 23.8 Å². The summed E-state index contributed by atoms with van der Waals surface area (Å²) in [4.78, 5) is 7.49. The first-order chi connectivity index (χ1) is 42.1. The van der Waals surface area contributed by atoms with Crippen molar-refractivity contribution >= 4 is 44.6 Å². The van der Waals surface area contributed by atoms with Crippen molar-refractivity contribution in [3.05, 3.63) is 271 Å². The molecule has 7 heteroatoms. The second-order valence-corrected chi connectivity index (χ2v) is 16.9. The number of rotatable bonds is 10. The fourth-order valence-corrected chi connectivity index (χ4v) is 8.99. The van der Waals surface area contributed by atoms with E-state index in [0.29, 0.717) is 0 Å². The molecule has 9 aromatic carbocycles. The van der Waals surface area contributed by atoms with E-state index in [2.05, 4.69) is 17.1 Å². The zero-order valence-corrected chi connectivity index (χ0v) is 39.7. The summed E-state index contributed by atoms with van der Waals surface area (Å²) < 4.78 is 206. The van der Waals surface area contributed by atoms with Crippen LogP contribution in [0.5, 0.6) is 0 Å². The Morgan fingerprint density at radius 3 is 1.80 bits per heavy atom. The third-order valence-electron chi connectivity index (χ3n) is 12.5. The van der Waals surface area contributed by atoms with Crippen LogP contribution < -0.4 is 9.80 Å². The van der Waals surface area contributed by atoms with Gasteiger partial charge in [-0.2, -0.15) is 36.4 Å². The van der Waals surface area contributed by atoms with Gasteiger partial charge < -0.3 is 14.4 Å². The molecule has 0 fully saturated rings. The molecule has 2 aromatic heterocycles.